The van der Waals surface area contributed by atoms with E-state index in [0.29, 0.717) is 17.9 Å². The number of thioether (sulfide) groups is 1. The molecule has 2 aromatic rings. The molecular formula is C13H12ClNO2S. The lowest BCUT2D eigenvalue weighted by Gasteiger charge is -2.09. The van der Waals surface area contributed by atoms with Crippen LogP contribution in [0.5, 0.6) is 11.5 Å². The van der Waals surface area contributed by atoms with Gasteiger partial charge in [-0.05, 0) is 23.6 Å². The van der Waals surface area contributed by atoms with Crippen LogP contribution in [0.25, 0.3) is 10.8 Å². The third-order valence-corrected chi connectivity index (χ3v) is 4.51. The van der Waals surface area contributed by atoms with Crippen LogP contribution in [-0.2, 0) is 0 Å². The number of nitrogens with zero attached hydrogens (tertiary/aromatic N) is 1. The number of pyridine rings is 1. The summed E-state index contributed by atoms with van der Waals surface area (Å²) >= 11 is 7.53. The second kappa shape index (κ2) is 4.86. The van der Waals surface area contributed by atoms with Gasteiger partial charge in [-0.25, -0.2) is 4.98 Å². The van der Waals surface area contributed by atoms with E-state index in [-0.39, 0.29) is 0 Å². The molecule has 1 aliphatic heterocycles. The van der Waals surface area contributed by atoms with Gasteiger partial charge in [-0.15, -0.1) is 23.4 Å². The molecule has 1 aromatic carbocycles. The average Bonchev–Trinajstić information content (AvgIpc) is 2.83. The summed E-state index contributed by atoms with van der Waals surface area (Å²) in [7, 11) is 0. The van der Waals surface area contributed by atoms with E-state index in [1.165, 1.54) is 0 Å². The molecule has 94 valence electrons. The highest BCUT2D eigenvalue weighted by molar-refractivity contribution is 8.00. The number of rotatable bonds is 3. The van der Waals surface area contributed by atoms with Crippen LogP contribution in [0, 0.1) is 0 Å². The van der Waals surface area contributed by atoms with Crippen molar-refractivity contribution < 1.29 is 9.47 Å². The Morgan fingerprint density at radius 1 is 1.39 bits per heavy atom. The quantitative estimate of drug-likeness (QED) is 0.634. The van der Waals surface area contributed by atoms with Crippen molar-refractivity contribution in [3.63, 3.8) is 0 Å². The van der Waals surface area contributed by atoms with E-state index in [0.717, 1.165) is 27.3 Å². The van der Waals surface area contributed by atoms with E-state index in [1.54, 1.807) is 11.8 Å². The molecule has 1 atom stereocenters. The predicted octanol–water partition coefficient (Wildman–Crippen LogP) is 3.68. The summed E-state index contributed by atoms with van der Waals surface area (Å²) in [5.74, 6) is 2.19. The fourth-order valence-electron chi connectivity index (χ4n) is 1.85. The maximum atomic E-state index is 5.85. The van der Waals surface area contributed by atoms with E-state index in [2.05, 4.69) is 11.9 Å². The van der Waals surface area contributed by atoms with Crippen molar-refractivity contribution in [2.75, 3.05) is 12.7 Å². The van der Waals surface area contributed by atoms with Gasteiger partial charge in [-0.3, -0.25) is 0 Å². The molecule has 0 radical (unpaired) electrons. The molecule has 1 aliphatic rings. The maximum Gasteiger partial charge on any atom is 0.231 e. The highest BCUT2D eigenvalue weighted by Gasteiger charge is 2.16. The van der Waals surface area contributed by atoms with Crippen molar-refractivity contribution in [3.8, 4) is 11.5 Å². The van der Waals surface area contributed by atoms with Crippen LogP contribution in [0.1, 0.15) is 6.92 Å². The van der Waals surface area contributed by atoms with Gasteiger partial charge < -0.3 is 9.47 Å². The minimum atomic E-state index is 0.291. The molecule has 0 spiro atoms. The van der Waals surface area contributed by atoms with Gasteiger partial charge in [0.15, 0.2) is 11.5 Å². The van der Waals surface area contributed by atoms with Gasteiger partial charge in [-0.1, -0.05) is 6.92 Å². The minimum Gasteiger partial charge on any atom is -0.454 e. The molecule has 0 saturated carbocycles. The molecular weight excluding hydrogens is 270 g/mol. The van der Waals surface area contributed by atoms with Gasteiger partial charge in [0.25, 0.3) is 0 Å². The summed E-state index contributed by atoms with van der Waals surface area (Å²) in [6.45, 7) is 2.38. The largest absolute Gasteiger partial charge is 0.454 e. The number of hydrogen-bond donors (Lipinski definition) is 0. The zero-order valence-electron chi connectivity index (χ0n) is 9.85. The van der Waals surface area contributed by atoms with Gasteiger partial charge in [-0.2, -0.15) is 0 Å². The SMILES string of the molecule is CC(CCl)Sc1nccc2cc3c(cc12)OCO3. The Bertz CT molecular complexity index is 590. The highest BCUT2D eigenvalue weighted by atomic mass is 35.5. The summed E-state index contributed by atoms with van der Waals surface area (Å²) in [5.41, 5.74) is 0. The third-order valence-electron chi connectivity index (χ3n) is 2.75. The maximum absolute atomic E-state index is 5.85. The molecule has 2 heterocycles. The van der Waals surface area contributed by atoms with Gasteiger partial charge in [0.1, 0.15) is 5.03 Å². The van der Waals surface area contributed by atoms with Crippen LogP contribution in [0.3, 0.4) is 0 Å². The number of hydrogen-bond acceptors (Lipinski definition) is 4. The standard InChI is InChI=1S/C13H12ClNO2S/c1-8(6-14)18-13-10-5-12-11(16-7-17-12)4-9(10)2-3-15-13/h2-5,8H,6-7H2,1H3. The predicted molar refractivity (Wildman–Crippen MR) is 73.9 cm³/mol. The molecule has 0 amide bonds. The molecule has 1 aromatic heterocycles. The lowest BCUT2D eigenvalue weighted by Crippen LogP contribution is -1.98. The van der Waals surface area contributed by atoms with Crippen LogP contribution in [0.2, 0.25) is 0 Å². The molecule has 5 heteroatoms. The van der Waals surface area contributed by atoms with Gasteiger partial charge in [0, 0.05) is 22.7 Å². The Kier molecular flexibility index (Phi) is 3.22. The van der Waals surface area contributed by atoms with Crippen LogP contribution in [-0.4, -0.2) is 22.9 Å². The average molecular weight is 282 g/mol. The number of ether oxygens (including phenoxy) is 2. The zero-order chi connectivity index (χ0) is 12.5. The van der Waals surface area contributed by atoms with E-state index < -0.39 is 0 Å². The lowest BCUT2D eigenvalue weighted by molar-refractivity contribution is 0.174. The van der Waals surface area contributed by atoms with Gasteiger partial charge in [0.05, 0.1) is 0 Å². The van der Waals surface area contributed by atoms with Crippen molar-refractivity contribution >= 4 is 34.1 Å². The first-order valence-corrected chi connectivity index (χ1v) is 7.10. The minimum absolute atomic E-state index is 0.291. The van der Waals surface area contributed by atoms with Crippen LogP contribution in [0.15, 0.2) is 29.4 Å². The highest BCUT2D eigenvalue weighted by Crippen LogP contribution is 2.39. The molecule has 0 bridgehead atoms. The summed E-state index contributed by atoms with van der Waals surface area (Å²) in [6.07, 6.45) is 1.81. The molecule has 3 nitrogen and oxygen atoms in total. The van der Waals surface area contributed by atoms with Crippen LogP contribution in [0.4, 0.5) is 0 Å². The number of halogens is 1. The van der Waals surface area contributed by atoms with E-state index in [4.69, 9.17) is 21.1 Å². The molecule has 0 N–H and O–H groups in total. The normalized spacial score (nSPS) is 15.0. The lowest BCUT2D eigenvalue weighted by atomic mass is 10.1. The number of aromatic nitrogens is 1. The molecule has 0 aliphatic carbocycles. The molecule has 0 saturated heterocycles. The first-order valence-electron chi connectivity index (χ1n) is 5.69. The van der Waals surface area contributed by atoms with E-state index in [1.807, 2.05) is 24.4 Å². The van der Waals surface area contributed by atoms with Crippen LogP contribution >= 0.6 is 23.4 Å². The molecule has 0 fully saturated rings. The Labute approximate surface area is 114 Å². The summed E-state index contributed by atoms with van der Waals surface area (Å²) < 4.78 is 10.8. The van der Waals surface area contributed by atoms with Gasteiger partial charge >= 0.3 is 0 Å². The van der Waals surface area contributed by atoms with Crippen molar-refractivity contribution in [2.45, 2.75) is 17.2 Å². The summed E-state index contributed by atoms with van der Waals surface area (Å²) in [4.78, 5) is 4.43. The summed E-state index contributed by atoms with van der Waals surface area (Å²) in [5, 5.41) is 3.51. The van der Waals surface area contributed by atoms with Gasteiger partial charge in [0.2, 0.25) is 6.79 Å². The Balaban J connectivity index is 2.09. The molecule has 18 heavy (non-hydrogen) atoms. The topological polar surface area (TPSA) is 31.4 Å². The fourth-order valence-corrected chi connectivity index (χ4v) is 2.91. The van der Waals surface area contributed by atoms with Crippen LogP contribution < -0.4 is 9.47 Å². The van der Waals surface area contributed by atoms with Crippen molar-refractivity contribution in [1.29, 1.82) is 0 Å². The smallest absolute Gasteiger partial charge is 0.231 e. The molecule has 3 rings (SSSR count). The number of alkyl halides is 1. The Morgan fingerprint density at radius 2 is 2.17 bits per heavy atom. The Hall–Kier alpha value is -1.13. The zero-order valence-corrected chi connectivity index (χ0v) is 11.4. The monoisotopic (exact) mass is 281 g/mol. The second-order valence-electron chi connectivity index (χ2n) is 4.13. The first kappa shape index (κ1) is 11.9. The van der Waals surface area contributed by atoms with Crippen molar-refractivity contribution in [2.24, 2.45) is 0 Å². The summed E-state index contributed by atoms with van der Waals surface area (Å²) in [6, 6.07) is 5.97. The number of benzene rings is 1. The molecule has 1 unspecified atom stereocenters. The van der Waals surface area contributed by atoms with E-state index in [9.17, 15) is 0 Å². The third kappa shape index (κ3) is 2.10. The van der Waals surface area contributed by atoms with Crippen molar-refractivity contribution in [3.05, 3.63) is 24.4 Å². The number of fused-ring (bicyclic) bond motifs is 2. The Morgan fingerprint density at radius 3 is 2.94 bits per heavy atom. The second-order valence-corrected chi connectivity index (χ2v) is 5.86. The first-order chi connectivity index (χ1) is 8.78. The fraction of sp³-hybridized carbons (Fsp3) is 0.308. The van der Waals surface area contributed by atoms with Crippen molar-refractivity contribution in [1.82, 2.24) is 4.98 Å². The van der Waals surface area contributed by atoms with E-state index >= 15 is 0 Å².